The first-order valence-electron chi connectivity index (χ1n) is 31.9. The highest BCUT2D eigenvalue weighted by atomic mass is 16.7. The number of ether oxygens (including phenoxy) is 2. The number of hydrogen-bond donors (Lipinski definition) is 6. The zero-order chi connectivity index (χ0) is 57.2. The van der Waals surface area contributed by atoms with Crippen LogP contribution < -0.4 is 5.32 Å². The molecule has 79 heavy (non-hydrogen) atoms. The molecule has 0 aromatic heterocycles. The molecule has 1 heterocycles. The van der Waals surface area contributed by atoms with Gasteiger partial charge in [0.25, 0.3) is 0 Å². The Morgan fingerprint density at radius 1 is 0.443 bits per heavy atom. The van der Waals surface area contributed by atoms with E-state index in [9.17, 15) is 30.3 Å². The Kier molecular flexibility index (Phi) is 53.4. The molecule has 0 aliphatic carbocycles. The van der Waals surface area contributed by atoms with Crippen molar-refractivity contribution in [3.63, 3.8) is 0 Å². The number of rotatable bonds is 53. The van der Waals surface area contributed by atoms with Gasteiger partial charge in [-0.15, -0.1) is 0 Å². The number of unbranched alkanes of at least 4 members (excludes halogenated alkanes) is 23. The molecule has 0 aromatic rings. The van der Waals surface area contributed by atoms with Crippen molar-refractivity contribution in [3.8, 4) is 0 Å². The summed E-state index contributed by atoms with van der Waals surface area (Å²) in [4.78, 5) is 13.1. The lowest BCUT2D eigenvalue weighted by Crippen LogP contribution is -2.60. The third-order valence-electron chi connectivity index (χ3n) is 14.2. The van der Waals surface area contributed by atoms with Gasteiger partial charge in [0.2, 0.25) is 5.91 Å². The molecule has 9 nitrogen and oxygen atoms in total. The van der Waals surface area contributed by atoms with Gasteiger partial charge in [0.05, 0.1) is 25.4 Å². The molecule has 9 heteroatoms. The molecule has 1 fully saturated rings. The zero-order valence-corrected chi connectivity index (χ0v) is 50.1. The fraction of sp³-hybridized carbons (Fsp3) is 0.671. The second-order valence-electron chi connectivity index (χ2n) is 21.5. The molecule has 7 atom stereocenters. The smallest absolute Gasteiger partial charge is 0.220 e. The molecule has 0 bridgehead atoms. The van der Waals surface area contributed by atoms with Crippen LogP contribution in [0.15, 0.2) is 134 Å². The number of hydrogen-bond acceptors (Lipinski definition) is 8. The van der Waals surface area contributed by atoms with Gasteiger partial charge in [-0.3, -0.25) is 4.79 Å². The van der Waals surface area contributed by atoms with E-state index in [-0.39, 0.29) is 12.5 Å². The molecule has 450 valence electrons. The fourth-order valence-corrected chi connectivity index (χ4v) is 9.24. The normalized spacial score (nSPS) is 19.5. The maximum Gasteiger partial charge on any atom is 0.220 e. The highest BCUT2D eigenvalue weighted by molar-refractivity contribution is 5.76. The van der Waals surface area contributed by atoms with Gasteiger partial charge in [0.1, 0.15) is 24.4 Å². The molecule has 0 aromatic carbocycles. The predicted octanol–water partition coefficient (Wildman–Crippen LogP) is 16.9. The summed E-state index contributed by atoms with van der Waals surface area (Å²) in [5.74, 6) is -0.190. The number of allylic oxidation sites excluding steroid dienone is 21. The zero-order valence-electron chi connectivity index (χ0n) is 50.1. The van der Waals surface area contributed by atoms with Crippen molar-refractivity contribution >= 4 is 5.91 Å². The highest BCUT2D eigenvalue weighted by Crippen LogP contribution is 2.23. The van der Waals surface area contributed by atoms with Crippen LogP contribution in [-0.2, 0) is 14.3 Å². The molecule has 6 N–H and O–H groups in total. The van der Waals surface area contributed by atoms with E-state index < -0.39 is 49.5 Å². The van der Waals surface area contributed by atoms with E-state index in [0.29, 0.717) is 6.42 Å². The number of nitrogens with one attached hydrogen (secondary N) is 1. The van der Waals surface area contributed by atoms with Gasteiger partial charge in [-0.1, -0.05) is 276 Å². The minimum Gasteiger partial charge on any atom is -0.394 e. The lowest BCUT2D eigenvalue weighted by Gasteiger charge is -2.40. The molecule has 7 unspecified atom stereocenters. The Labute approximate surface area is 483 Å². The van der Waals surface area contributed by atoms with Gasteiger partial charge < -0.3 is 40.3 Å². The largest absolute Gasteiger partial charge is 0.394 e. The minimum absolute atomic E-state index is 0.190. The average Bonchev–Trinajstić information content (AvgIpc) is 3.48. The van der Waals surface area contributed by atoms with Crippen LogP contribution in [-0.4, -0.2) is 87.5 Å². The van der Waals surface area contributed by atoms with Gasteiger partial charge in [-0.05, 0) is 96.3 Å². The number of aliphatic hydroxyl groups excluding tert-OH is 5. The molecule has 1 aliphatic heterocycles. The number of amides is 1. The lowest BCUT2D eigenvalue weighted by atomic mass is 9.99. The maximum atomic E-state index is 13.1. The molecule has 1 rings (SSSR count). The molecule has 0 spiro atoms. The maximum absolute atomic E-state index is 13.1. The quantitative estimate of drug-likeness (QED) is 0.0261. The Bertz CT molecular complexity index is 1700. The topological polar surface area (TPSA) is 149 Å². The molecule has 1 aliphatic rings. The van der Waals surface area contributed by atoms with E-state index in [4.69, 9.17) is 9.47 Å². The Morgan fingerprint density at radius 3 is 1.16 bits per heavy atom. The summed E-state index contributed by atoms with van der Waals surface area (Å²) in [6, 6.07) is -0.819. The number of carbonyl (C=O) groups excluding carboxylic acids is 1. The van der Waals surface area contributed by atoms with E-state index >= 15 is 0 Å². The van der Waals surface area contributed by atoms with Crippen molar-refractivity contribution in [2.45, 2.75) is 288 Å². The van der Waals surface area contributed by atoms with Crippen LogP contribution in [0, 0.1) is 0 Å². The second-order valence-corrected chi connectivity index (χ2v) is 21.5. The summed E-state index contributed by atoms with van der Waals surface area (Å²) in [7, 11) is 0. The second kappa shape index (κ2) is 57.6. The van der Waals surface area contributed by atoms with Crippen LogP contribution >= 0.6 is 0 Å². The van der Waals surface area contributed by atoms with Gasteiger partial charge >= 0.3 is 0 Å². The first kappa shape index (κ1) is 73.3. The monoisotopic (exact) mass is 1100 g/mol. The van der Waals surface area contributed by atoms with Crippen molar-refractivity contribution < 1.29 is 39.8 Å². The van der Waals surface area contributed by atoms with Crippen LogP contribution in [0.3, 0.4) is 0 Å². The molecule has 1 amide bonds. The van der Waals surface area contributed by atoms with E-state index in [0.717, 1.165) is 116 Å². The summed E-state index contributed by atoms with van der Waals surface area (Å²) in [5, 5.41) is 54.6. The van der Waals surface area contributed by atoms with Gasteiger partial charge in [-0.2, -0.15) is 0 Å². The third-order valence-corrected chi connectivity index (χ3v) is 14.2. The van der Waals surface area contributed by atoms with E-state index in [1.54, 1.807) is 6.08 Å². The number of carbonyl (C=O) groups is 1. The van der Waals surface area contributed by atoms with Crippen molar-refractivity contribution in [3.05, 3.63) is 134 Å². The Hall–Kier alpha value is -3.67. The van der Waals surface area contributed by atoms with Crippen LogP contribution in [0.4, 0.5) is 0 Å². The first-order chi connectivity index (χ1) is 38.8. The van der Waals surface area contributed by atoms with E-state index in [2.05, 4.69) is 141 Å². The minimum atomic E-state index is -1.58. The van der Waals surface area contributed by atoms with E-state index in [1.807, 2.05) is 6.08 Å². The SMILES string of the molecule is CC/C=C\C/C=C\C/C=C\C/C=C\C/C=C\C/C=C\C/C=C\C/C=C\C/C=C\C/C=C\CCCCCCCCCCC(=O)NC(COC1OC(CO)C(O)C(O)C1O)C(O)/C=C/CCCCCCCCCCCCCCCCC. The highest BCUT2D eigenvalue weighted by Gasteiger charge is 2.44. The summed E-state index contributed by atoms with van der Waals surface area (Å²) in [6.07, 6.45) is 80.9. The predicted molar refractivity (Wildman–Crippen MR) is 336 cm³/mol. The standard InChI is InChI=1S/C70H117NO8/c1-3-5-7-9-11-13-15-17-19-21-22-23-24-25-26-27-28-29-30-31-32-33-34-35-36-37-38-39-40-41-42-44-46-48-50-52-54-56-58-60-66(74)71-63(62-78-70-69(77)68(76)67(75)65(61-72)79-70)64(73)59-57-55-53-51-49-47-45-43-20-18-16-14-12-10-8-6-4-2/h5,7,11,13,17,19,22-23,25-26,28-29,31-32,34-35,37-38,40-41,57,59,63-65,67-70,72-73,75-77H,3-4,6,8-10,12,14-16,18,20-21,24,27,30,33,36,39,42-56,58,60-62H2,1-2H3,(H,71,74)/b7-5-,13-11-,19-17-,23-22-,26-25-,29-28-,32-31-,35-34-,38-37-,41-40-,59-57+. The molecular weight excluding hydrogens is 983 g/mol. The van der Waals surface area contributed by atoms with Crippen molar-refractivity contribution in [2.24, 2.45) is 0 Å². The summed E-state index contributed by atoms with van der Waals surface area (Å²) >= 11 is 0. The third kappa shape index (κ3) is 46.6. The van der Waals surface area contributed by atoms with Crippen molar-refractivity contribution in [2.75, 3.05) is 13.2 Å². The molecule has 0 radical (unpaired) electrons. The van der Waals surface area contributed by atoms with E-state index in [1.165, 1.54) is 109 Å². The van der Waals surface area contributed by atoms with Crippen LogP contribution in [0.1, 0.15) is 245 Å². The van der Waals surface area contributed by atoms with Gasteiger partial charge in [0, 0.05) is 6.42 Å². The summed E-state index contributed by atoms with van der Waals surface area (Å²) in [5.41, 5.74) is 0. The first-order valence-corrected chi connectivity index (χ1v) is 31.9. The Balaban J connectivity index is 2.18. The molecular formula is C70H117NO8. The fourth-order valence-electron chi connectivity index (χ4n) is 9.24. The number of aliphatic hydroxyl groups is 5. The van der Waals surface area contributed by atoms with Crippen molar-refractivity contribution in [1.29, 1.82) is 0 Å². The van der Waals surface area contributed by atoms with Gasteiger partial charge in [-0.25, -0.2) is 0 Å². The lowest BCUT2D eigenvalue weighted by molar-refractivity contribution is -0.302. The summed E-state index contributed by atoms with van der Waals surface area (Å²) < 4.78 is 11.3. The molecule has 0 saturated carbocycles. The van der Waals surface area contributed by atoms with Crippen molar-refractivity contribution in [1.82, 2.24) is 5.32 Å². The average molecular weight is 1100 g/mol. The van der Waals surface area contributed by atoms with Crippen LogP contribution in [0.25, 0.3) is 0 Å². The summed E-state index contributed by atoms with van der Waals surface area (Å²) in [6.45, 7) is 3.66. The molecule has 1 saturated heterocycles. The van der Waals surface area contributed by atoms with Crippen LogP contribution in [0.5, 0.6) is 0 Å². The Morgan fingerprint density at radius 2 is 0.785 bits per heavy atom. The van der Waals surface area contributed by atoms with Crippen LogP contribution in [0.2, 0.25) is 0 Å². The van der Waals surface area contributed by atoms with Gasteiger partial charge in [0.15, 0.2) is 6.29 Å².